The van der Waals surface area contributed by atoms with E-state index in [1.165, 1.54) is 7.11 Å². The number of Topliss-reactive ketones (excluding diaryl/α,β-unsaturated/α-hetero) is 1. The van der Waals surface area contributed by atoms with Gasteiger partial charge in [-0.3, -0.25) is 9.59 Å². The number of benzene rings is 3. The van der Waals surface area contributed by atoms with Crippen LogP contribution in [0.25, 0.3) is 6.08 Å². The number of carbonyl (C=O) groups is 2. The zero-order chi connectivity index (χ0) is 26.3. The average Bonchev–Trinajstić information content (AvgIpc) is 3.24. The summed E-state index contributed by atoms with van der Waals surface area (Å²) in [6.07, 6.45) is 3.74. The number of esters is 1. The summed E-state index contributed by atoms with van der Waals surface area (Å²) >= 11 is 6.95. The predicted octanol–water partition coefficient (Wildman–Crippen LogP) is 6.15. The second kappa shape index (κ2) is 9.81. The first-order chi connectivity index (χ1) is 17.9. The number of nitrogens with zero attached hydrogens (tertiary/aromatic N) is 2. The maximum absolute atomic E-state index is 14.4. The molecule has 2 heterocycles. The number of ether oxygens (including phenoxy) is 2. The van der Waals surface area contributed by atoms with Gasteiger partial charge in [0.25, 0.3) is 0 Å². The van der Waals surface area contributed by atoms with Crippen molar-refractivity contribution in [2.45, 2.75) is 18.0 Å². The number of para-hydroxylation sites is 1. The Hall–Kier alpha value is -3.41. The van der Waals surface area contributed by atoms with E-state index in [1.807, 2.05) is 65.6 Å². The minimum Gasteiger partial charge on any atom is -0.496 e. The largest absolute Gasteiger partial charge is 0.496 e. The molecule has 0 N–H and O–H groups in total. The Morgan fingerprint density at radius 3 is 2.41 bits per heavy atom. The van der Waals surface area contributed by atoms with Crippen LogP contribution >= 0.6 is 31.9 Å². The number of fused-ring (bicyclic) bond motifs is 3. The van der Waals surface area contributed by atoms with E-state index in [9.17, 15) is 14.9 Å². The molecule has 37 heavy (non-hydrogen) atoms. The molecule has 1 fully saturated rings. The standard InChI is InChI=1S/C29H22Br2N2O4/c1-36-23-13-9-19(15-21(23)31)27(34)26-25(18-7-11-20(30)12-8-18)29(16-32,28(35)37-2)24-14-10-17-5-3-4-6-22(17)33(24)26/h3-15,24-26H,1-2H3/t24-,25-,26+,29+/m0/s1. The molecule has 2 aliphatic rings. The summed E-state index contributed by atoms with van der Waals surface area (Å²) in [5.41, 5.74) is 1.15. The summed E-state index contributed by atoms with van der Waals surface area (Å²) in [6, 6.07) is 21.0. The van der Waals surface area contributed by atoms with Gasteiger partial charge in [0.2, 0.25) is 0 Å². The van der Waals surface area contributed by atoms with Crippen LogP contribution in [0.2, 0.25) is 0 Å². The fourth-order valence-corrected chi connectivity index (χ4v) is 6.37. The van der Waals surface area contributed by atoms with E-state index in [-0.39, 0.29) is 5.78 Å². The Kier molecular flexibility index (Phi) is 6.69. The summed E-state index contributed by atoms with van der Waals surface area (Å²) in [5, 5.41) is 10.7. The normalized spacial score (nSPS) is 23.5. The molecular formula is C29H22Br2N2O4. The molecule has 1 saturated heterocycles. The third-order valence-corrected chi connectivity index (χ3v) is 8.34. The molecule has 0 unspecified atom stereocenters. The molecular weight excluding hydrogens is 600 g/mol. The van der Waals surface area contributed by atoms with Gasteiger partial charge in [-0.2, -0.15) is 5.26 Å². The maximum Gasteiger partial charge on any atom is 0.329 e. The van der Waals surface area contributed by atoms with Crippen molar-refractivity contribution in [1.82, 2.24) is 0 Å². The lowest BCUT2D eigenvalue weighted by atomic mass is 9.68. The van der Waals surface area contributed by atoms with Crippen LogP contribution in [-0.2, 0) is 9.53 Å². The number of ketones is 1. The van der Waals surface area contributed by atoms with E-state index in [0.29, 0.717) is 21.3 Å². The topological polar surface area (TPSA) is 79.6 Å². The van der Waals surface area contributed by atoms with Gasteiger partial charge in [0.1, 0.15) is 11.8 Å². The first kappa shape index (κ1) is 25.2. The molecule has 0 bridgehead atoms. The Morgan fingerprint density at radius 2 is 1.76 bits per heavy atom. The van der Waals surface area contributed by atoms with Gasteiger partial charge >= 0.3 is 5.97 Å². The monoisotopic (exact) mass is 620 g/mol. The first-order valence-corrected chi connectivity index (χ1v) is 13.1. The molecule has 0 aromatic heterocycles. The van der Waals surface area contributed by atoms with Crippen LogP contribution in [0.15, 0.2) is 81.8 Å². The van der Waals surface area contributed by atoms with Gasteiger partial charge < -0.3 is 14.4 Å². The highest BCUT2D eigenvalue weighted by molar-refractivity contribution is 9.10. The number of anilines is 1. The van der Waals surface area contributed by atoms with E-state index in [0.717, 1.165) is 15.7 Å². The Labute approximate surface area is 231 Å². The molecule has 0 aliphatic carbocycles. The van der Waals surface area contributed by atoms with Crippen LogP contribution in [-0.4, -0.2) is 38.1 Å². The van der Waals surface area contributed by atoms with Crippen molar-refractivity contribution in [2.75, 3.05) is 19.1 Å². The lowest BCUT2D eigenvalue weighted by molar-refractivity contribution is -0.150. The Morgan fingerprint density at radius 1 is 1.03 bits per heavy atom. The molecule has 3 aromatic rings. The molecule has 0 spiro atoms. The lowest BCUT2D eigenvalue weighted by Crippen LogP contribution is -2.46. The fourth-order valence-electron chi connectivity index (χ4n) is 5.57. The van der Waals surface area contributed by atoms with Crippen LogP contribution in [0.3, 0.4) is 0 Å². The molecule has 4 atom stereocenters. The van der Waals surface area contributed by atoms with Crippen LogP contribution in [0, 0.1) is 16.7 Å². The first-order valence-electron chi connectivity index (χ1n) is 11.6. The van der Waals surface area contributed by atoms with E-state index in [4.69, 9.17) is 9.47 Å². The van der Waals surface area contributed by atoms with Crippen molar-refractivity contribution >= 4 is 55.4 Å². The SMILES string of the molecule is COC(=O)[C@]1(C#N)[C@@H]2C=Cc3ccccc3N2[C@@H](C(=O)c2ccc(OC)c(Br)c2)[C@@H]1c1ccc(Br)cc1. The fraction of sp³-hybridized carbons (Fsp3) is 0.207. The van der Waals surface area contributed by atoms with E-state index in [1.54, 1.807) is 25.3 Å². The van der Waals surface area contributed by atoms with Gasteiger partial charge in [-0.05, 0) is 63.5 Å². The van der Waals surface area contributed by atoms with Crippen molar-refractivity contribution in [3.63, 3.8) is 0 Å². The highest BCUT2D eigenvalue weighted by Gasteiger charge is 2.67. The van der Waals surface area contributed by atoms with Crippen LogP contribution in [0.4, 0.5) is 5.69 Å². The quantitative estimate of drug-likeness (QED) is 0.251. The number of methoxy groups -OCH3 is 2. The zero-order valence-electron chi connectivity index (χ0n) is 20.0. The average molecular weight is 622 g/mol. The molecule has 8 heteroatoms. The number of nitriles is 1. The van der Waals surface area contributed by atoms with Crippen molar-refractivity contribution in [3.05, 3.63) is 98.4 Å². The second-order valence-corrected chi connectivity index (χ2v) is 10.7. The van der Waals surface area contributed by atoms with Gasteiger partial charge in [0.05, 0.1) is 30.8 Å². The molecule has 0 saturated carbocycles. The number of halogens is 2. The summed E-state index contributed by atoms with van der Waals surface area (Å²) in [5.74, 6) is -1.11. The molecule has 0 radical (unpaired) electrons. The van der Waals surface area contributed by atoms with Gasteiger partial charge in [0, 0.05) is 21.6 Å². The number of rotatable bonds is 5. The third-order valence-electron chi connectivity index (χ3n) is 7.19. The van der Waals surface area contributed by atoms with Gasteiger partial charge in [-0.25, -0.2) is 0 Å². The highest BCUT2D eigenvalue weighted by Crippen LogP contribution is 2.56. The van der Waals surface area contributed by atoms with Crippen LogP contribution < -0.4 is 9.64 Å². The molecule has 2 aliphatic heterocycles. The molecule has 6 nitrogen and oxygen atoms in total. The lowest BCUT2D eigenvalue weighted by Gasteiger charge is -2.36. The zero-order valence-corrected chi connectivity index (χ0v) is 23.2. The number of hydrogen-bond acceptors (Lipinski definition) is 6. The smallest absolute Gasteiger partial charge is 0.329 e. The van der Waals surface area contributed by atoms with E-state index < -0.39 is 29.4 Å². The number of carbonyl (C=O) groups excluding carboxylic acids is 2. The number of hydrogen-bond donors (Lipinski definition) is 0. The summed E-state index contributed by atoms with van der Waals surface area (Å²) in [4.78, 5) is 29.9. The summed E-state index contributed by atoms with van der Waals surface area (Å²) < 4.78 is 12.1. The molecule has 3 aromatic carbocycles. The minimum atomic E-state index is -1.67. The summed E-state index contributed by atoms with van der Waals surface area (Å²) in [6.45, 7) is 0. The van der Waals surface area contributed by atoms with Gasteiger partial charge in [-0.1, -0.05) is 58.4 Å². The molecule has 5 rings (SSSR count). The van der Waals surface area contributed by atoms with Crippen LogP contribution in [0.1, 0.15) is 27.4 Å². The Balaban J connectivity index is 1.80. The van der Waals surface area contributed by atoms with Gasteiger partial charge in [0.15, 0.2) is 11.2 Å². The summed E-state index contributed by atoms with van der Waals surface area (Å²) in [7, 11) is 2.84. The van der Waals surface area contributed by atoms with Crippen molar-refractivity contribution < 1.29 is 19.1 Å². The third kappa shape index (κ3) is 3.89. The highest BCUT2D eigenvalue weighted by atomic mass is 79.9. The van der Waals surface area contributed by atoms with Crippen molar-refractivity contribution in [3.8, 4) is 11.8 Å². The van der Waals surface area contributed by atoms with E-state index in [2.05, 4.69) is 37.9 Å². The molecule has 186 valence electrons. The molecule has 0 amide bonds. The van der Waals surface area contributed by atoms with Crippen LogP contribution in [0.5, 0.6) is 5.75 Å². The predicted molar refractivity (Wildman–Crippen MR) is 148 cm³/mol. The van der Waals surface area contributed by atoms with Crippen molar-refractivity contribution in [1.29, 1.82) is 5.26 Å². The Bertz CT molecular complexity index is 1460. The maximum atomic E-state index is 14.4. The minimum absolute atomic E-state index is 0.215. The van der Waals surface area contributed by atoms with E-state index >= 15 is 0 Å². The van der Waals surface area contributed by atoms with Crippen molar-refractivity contribution in [2.24, 2.45) is 5.41 Å². The second-order valence-electron chi connectivity index (χ2n) is 8.93. The van der Waals surface area contributed by atoms with Gasteiger partial charge in [-0.15, -0.1) is 0 Å².